The molecule has 4 rings (SSSR count). The summed E-state index contributed by atoms with van der Waals surface area (Å²) >= 11 is 0. The Labute approximate surface area is 173 Å². The largest absolute Gasteiger partial charge is 0.497 e. The fraction of sp³-hybridized carbons (Fsp3) is 0.0833. The van der Waals surface area contributed by atoms with E-state index in [1.165, 1.54) is 18.8 Å². The third kappa shape index (κ3) is 3.39. The Hall–Kier alpha value is -4.06. The predicted octanol–water partition coefficient (Wildman–Crippen LogP) is 4.46. The van der Waals surface area contributed by atoms with E-state index < -0.39 is 0 Å². The molecule has 0 amide bonds. The third-order valence-electron chi connectivity index (χ3n) is 4.83. The quantitative estimate of drug-likeness (QED) is 0.502. The molecule has 6 nitrogen and oxygen atoms in total. The Bertz CT molecular complexity index is 1290. The average Bonchev–Trinajstić information content (AvgIpc) is 2.80. The molecule has 0 fully saturated rings. The highest BCUT2D eigenvalue weighted by molar-refractivity contribution is 6.02. The van der Waals surface area contributed by atoms with Crippen molar-refractivity contribution in [2.75, 3.05) is 14.2 Å². The lowest BCUT2D eigenvalue weighted by molar-refractivity contribution is 0.403. The van der Waals surface area contributed by atoms with Crippen molar-refractivity contribution >= 4 is 22.7 Å². The minimum atomic E-state index is -0.386. The first-order valence-corrected chi connectivity index (χ1v) is 9.32. The van der Waals surface area contributed by atoms with Crippen LogP contribution in [0, 0.1) is 0 Å². The lowest BCUT2D eigenvalue weighted by Gasteiger charge is -2.16. The van der Waals surface area contributed by atoms with Gasteiger partial charge in [0.1, 0.15) is 11.5 Å². The number of methoxy groups -OCH3 is 2. The summed E-state index contributed by atoms with van der Waals surface area (Å²) in [5, 5.41) is 12.1. The maximum absolute atomic E-state index is 13.4. The van der Waals surface area contributed by atoms with E-state index in [1.54, 1.807) is 48.7 Å². The van der Waals surface area contributed by atoms with Gasteiger partial charge in [-0.05, 0) is 42.5 Å². The van der Waals surface area contributed by atoms with Crippen LogP contribution in [0.5, 0.6) is 17.4 Å². The van der Waals surface area contributed by atoms with Gasteiger partial charge in [0.15, 0.2) is 0 Å². The Kier molecular flexibility index (Phi) is 5.22. The maximum atomic E-state index is 13.4. The summed E-state index contributed by atoms with van der Waals surface area (Å²) < 4.78 is 11.9. The fourth-order valence-electron chi connectivity index (χ4n) is 3.34. The monoisotopic (exact) mass is 400 g/mol. The van der Waals surface area contributed by atoms with E-state index in [0.717, 1.165) is 5.69 Å². The third-order valence-corrected chi connectivity index (χ3v) is 4.83. The number of aromatic nitrogens is 1. The molecule has 0 radical (unpaired) electrons. The van der Waals surface area contributed by atoms with Gasteiger partial charge >= 0.3 is 0 Å². The standard InChI is InChI=1S/C24H20N2O4/c1-29-17-12-13-18-19(14-17)23(27)26(21-10-6-7-11-22(21)30-2)24(28)20(18)15-25-16-8-4-3-5-9-16/h3-15,28H,1-2H3. The molecular weight excluding hydrogens is 380 g/mol. The lowest BCUT2D eigenvalue weighted by atomic mass is 10.1. The number of aliphatic imine (C=N–C) groups is 1. The van der Waals surface area contributed by atoms with Crippen LogP contribution in [0.15, 0.2) is 82.6 Å². The van der Waals surface area contributed by atoms with E-state index in [-0.39, 0.29) is 11.4 Å². The van der Waals surface area contributed by atoms with E-state index in [4.69, 9.17) is 9.47 Å². The number of hydrogen-bond acceptors (Lipinski definition) is 5. The molecule has 6 heteroatoms. The van der Waals surface area contributed by atoms with Crippen molar-refractivity contribution < 1.29 is 14.6 Å². The van der Waals surface area contributed by atoms with E-state index in [9.17, 15) is 9.90 Å². The number of rotatable bonds is 5. The summed E-state index contributed by atoms with van der Waals surface area (Å²) in [6, 6.07) is 21.5. The molecule has 150 valence electrons. The van der Waals surface area contributed by atoms with Crippen molar-refractivity contribution in [3.8, 4) is 23.1 Å². The van der Waals surface area contributed by atoms with Crippen molar-refractivity contribution in [1.29, 1.82) is 0 Å². The summed E-state index contributed by atoms with van der Waals surface area (Å²) in [5.41, 5.74) is 1.19. The molecule has 1 aromatic heterocycles. The van der Waals surface area contributed by atoms with Crippen LogP contribution in [0.3, 0.4) is 0 Å². The van der Waals surface area contributed by atoms with E-state index in [1.807, 2.05) is 30.3 Å². The van der Waals surface area contributed by atoms with Crippen molar-refractivity contribution in [2.24, 2.45) is 4.99 Å². The van der Waals surface area contributed by atoms with Crippen LogP contribution in [0.2, 0.25) is 0 Å². The van der Waals surface area contributed by atoms with Gasteiger partial charge in [0.2, 0.25) is 5.88 Å². The first-order chi connectivity index (χ1) is 14.6. The molecule has 0 saturated carbocycles. The second-order valence-corrected chi connectivity index (χ2v) is 6.55. The van der Waals surface area contributed by atoms with Gasteiger partial charge in [-0.3, -0.25) is 9.79 Å². The highest BCUT2D eigenvalue weighted by atomic mass is 16.5. The topological polar surface area (TPSA) is 73.1 Å². The number of pyridine rings is 1. The highest BCUT2D eigenvalue weighted by Gasteiger charge is 2.19. The van der Waals surface area contributed by atoms with Crippen LogP contribution in [-0.2, 0) is 0 Å². The van der Waals surface area contributed by atoms with Gasteiger partial charge in [-0.15, -0.1) is 0 Å². The molecule has 3 aromatic carbocycles. The number of para-hydroxylation sites is 3. The zero-order valence-electron chi connectivity index (χ0n) is 16.6. The highest BCUT2D eigenvalue weighted by Crippen LogP contribution is 2.31. The first kappa shape index (κ1) is 19.3. The molecule has 0 bridgehead atoms. The van der Waals surface area contributed by atoms with Gasteiger partial charge in [-0.1, -0.05) is 30.3 Å². The minimum Gasteiger partial charge on any atom is -0.497 e. The van der Waals surface area contributed by atoms with Gasteiger partial charge in [-0.25, -0.2) is 4.57 Å². The molecule has 0 aliphatic rings. The van der Waals surface area contributed by atoms with E-state index in [0.29, 0.717) is 33.5 Å². The summed E-state index contributed by atoms with van der Waals surface area (Å²) in [6.07, 6.45) is 1.56. The minimum absolute atomic E-state index is 0.221. The molecule has 1 heterocycles. The maximum Gasteiger partial charge on any atom is 0.266 e. The van der Waals surface area contributed by atoms with E-state index >= 15 is 0 Å². The number of ether oxygens (including phenoxy) is 2. The molecule has 1 N–H and O–H groups in total. The SMILES string of the molecule is COc1ccc2c(C=Nc3ccccc3)c(O)n(-c3ccccc3OC)c(=O)c2c1. The number of benzene rings is 3. The van der Waals surface area contributed by atoms with Crippen molar-refractivity contribution in [3.05, 3.63) is 88.7 Å². The molecule has 0 aliphatic heterocycles. The fourth-order valence-corrected chi connectivity index (χ4v) is 3.34. The second kappa shape index (κ2) is 8.13. The summed E-state index contributed by atoms with van der Waals surface area (Å²) in [7, 11) is 3.06. The molecule has 4 aromatic rings. The molecule has 30 heavy (non-hydrogen) atoms. The summed E-state index contributed by atoms with van der Waals surface area (Å²) in [6.45, 7) is 0. The summed E-state index contributed by atoms with van der Waals surface area (Å²) in [5.74, 6) is 0.785. The van der Waals surface area contributed by atoms with Crippen molar-refractivity contribution in [1.82, 2.24) is 4.57 Å². The zero-order valence-corrected chi connectivity index (χ0v) is 16.6. The number of hydrogen-bond donors (Lipinski definition) is 1. The number of aromatic hydroxyl groups is 1. The molecule has 0 atom stereocenters. The average molecular weight is 400 g/mol. The molecule has 0 spiro atoms. The number of fused-ring (bicyclic) bond motifs is 1. The Balaban J connectivity index is 2.05. The van der Waals surface area contributed by atoms with Crippen LogP contribution in [-0.4, -0.2) is 30.1 Å². The first-order valence-electron chi connectivity index (χ1n) is 9.32. The predicted molar refractivity (Wildman–Crippen MR) is 118 cm³/mol. The Morgan fingerprint density at radius 3 is 2.37 bits per heavy atom. The molecular formula is C24H20N2O4. The van der Waals surface area contributed by atoms with Crippen LogP contribution in [0.25, 0.3) is 16.5 Å². The van der Waals surface area contributed by atoms with E-state index in [2.05, 4.69) is 4.99 Å². The van der Waals surface area contributed by atoms with Gasteiger partial charge in [0.05, 0.1) is 36.5 Å². The van der Waals surface area contributed by atoms with Crippen molar-refractivity contribution in [3.63, 3.8) is 0 Å². The number of nitrogens with zero attached hydrogens (tertiary/aromatic N) is 2. The van der Waals surface area contributed by atoms with Gasteiger partial charge in [0.25, 0.3) is 5.56 Å². The van der Waals surface area contributed by atoms with Crippen LogP contribution < -0.4 is 15.0 Å². The van der Waals surface area contributed by atoms with Gasteiger partial charge in [0, 0.05) is 11.6 Å². The molecule has 0 saturated heterocycles. The van der Waals surface area contributed by atoms with Gasteiger partial charge < -0.3 is 14.6 Å². The zero-order chi connectivity index (χ0) is 21.1. The summed E-state index contributed by atoms with van der Waals surface area (Å²) in [4.78, 5) is 17.8. The Morgan fingerprint density at radius 2 is 1.63 bits per heavy atom. The molecule has 0 unspecified atom stereocenters. The normalized spacial score (nSPS) is 11.1. The van der Waals surface area contributed by atoms with Crippen LogP contribution in [0.1, 0.15) is 5.56 Å². The van der Waals surface area contributed by atoms with Gasteiger partial charge in [-0.2, -0.15) is 0 Å². The lowest BCUT2D eigenvalue weighted by Crippen LogP contribution is -2.20. The Morgan fingerprint density at radius 1 is 0.900 bits per heavy atom. The van der Waals surface area contributed by atoms with Crippen LogP contribution in [0.4, 0.5) is 5.69 Å². The van der Waals surface area contributed by atoms with Crippen molar-refractivity contribution in [2.45, 2.75) is 0 Å². The second-order valence-electron chi connectivity index (χ2n) is 6.55. The smallest absolute Gasteiger partial charge is 0.266 e. The van der Waals surface area contributed by atoms with Crippen LogP contribution >= 0.6 is 0 Å². The molecule has 0 aliphatic carbocycles.